The summed E-state index contributed by atoms with van der Waals surface area (Å²) in [4.78, 5) is 5.64. The third kappa shape index (κ3) is 4.22. The van der Waals surface area contributed by atoms with Crippen LogP contribution in [-0.4, -0.2) is 32.2 Å². The highest BCUT2D eigenvalue weighted by Gasteiger charge is 2.30. The highest BCUT2D eigenvalue weighted by molar-refractivity contribution is 5.38. The summed E-state index contributed by atoms with van der Waals surface area (Å²) in [6, 6.07) is 2.44. The standard InChI is InChI=1S/C11H16F3N3/c1-15-6-3-7-17(2)10-5-4-9(8-16-10)11(12,13)14/h4-5,8,15H,3,6-7H2,1-2H3. The van der Waals surface area contributed by atoms with Crippen LogP contribution in [0.25, 0.3) is 0 Å². The minimum Gasteiger partial charge on any atom is -0.360 e. The van der Waals surface area contributed by atoms with Crippen molar-refractivity contribution in [1.29, 1.82) is 0 Å². The highest BCUT2D eigenvalue weighted by atomic mass is 19.4. The van der Waals surface area contributed by atoms with Gasteiger partial charge in [0.2, 0.25) is 0 Å². The Morgan fingerprint density at radius 3 is 2.53 bits per heavy atom. The predicted octanol–water partition coefficient (Wildman–Crippen LogP) is 2.15. The molecule has 0 unspecified atom stereocenters. The number of rotatable bonds is 5. The number of hydrogen-bond acceptors (Lipinski definition) is 3. The fourth-order valence-electron chi connectivity index (χ4n) is 1.39. The average molecular weight is 247 g/mol. The summed E-state index contributed by atoms with van der Waals surface area (Å²) in [5.41, 5.74) is -0.718. The molecule has 3 nitrogen and oxygen atoms in total. The molecule has 0 atom stereocenters. The molecule has 1 rings (SSSR count). The van der Waals surface area contributed by atoms with Crippen molar-refractivity contribution in [2.24, 2.45) is 0 Å². The molecule has 0 aliphatic rings. The summed E-state index contributed by atoms with van der Waals surface area (Å²) < 4.78 is 36.9. The van der Waals surface area contributed by atoms with Crippen molar-refractivity contribution in [1.82, 2.24) is 10.3 Å². The van der Waals surface area contributed by atoms with E-state index in [0.717, 1.165) is 31.8 Å². The Kier molecular flexibility index (Phi) is 4.74. The summed E-state index contributed by atoms with van der Waals surface area (Å²) in [7, 11) is 3.67. The second-order valence-electron chi connectivity index (χ2n) is 3.78. The molecule has 0 bridgehead atoms. The lowest BCUT2D eigenvalue weighted by Crippen LogP contribution is -2.23. The molecule has 1 N–H and O–H groups in total. The number of aromatic nitrogens is 1. The predicted molar refractivity (Wildman–Crippen MR) is 61.1 cm³/mol. The van der Waals surface area contributed by atoms with Gasteiger partial charge in [0.05, 0.1) is 5.56 Å². The largest absolute Gasteiger partial charge is 0.417 e. The quantitative estimate of drug-likeness (QED) is 0.808. The van der Waals surface area contributed by atoms with E-state index in [1.165, 1.54) is 6.07 Å². The first kappa shape index (κ1) is 13.8. The van der Waals surface area contributed by atoms with Gasteiger partial charge in [0.25, 0.3) is 0 Å². The topological polar surface area (TPSA) is 28.2 Å². The maximum Gasteiger partial charge on any atom is 0.417 e. The van der Waals surface area contributed by atoms with E-state index < -0.39 is 11.7 Å². The Hall–Kier alpha value is -1.30. The summed E-state index contributed by atoms with van der Waals surface area (Å²) >= 11 is 0. The van der Waals surface area contributed by atoms with Crippen LogP contribution >= 0.6 is 0 Å². The van der Waals surface area contributed by atoms with E-state index in [1.807, 2.05) is 19.0 Å². The first-order valence-electron chi connectivity index (χ1n) is 5.34. The van der Waals surface area contributed by atoms with E-state index in [9.17, 15) is 13.2 Å². The molecule has 1 heterocycles. The van der Waals surface area contributed by atoms with Crippen molar-refractivity contribution >= 4 is 5.82 Å². The van der Waals surface area contributed by atoms with Crippen molar-refractivity contribution in [2.75, 3.05) is 32.1 Å². The van der Waals surface area contributed by atoms with Crippen LogP contribution in [0.4, 0.5) is 19.0 Å². The van der Waals surface area contributed by atoms with Gasteiger partial charge < -0.3 is 10.2 Å². The molecule has 0 aromatic carbocycles. The first-order chi connectivity index (χ1) is 7.95. The van der Waals surface area contributed by atoms with E-state index >= 15 is 0 Å². The molecule has 0 aliphatic heterocycles. The Morgan fingerprint density at radius 1 is 1.35 bits per heavy atom. The van der Waals surface area contributed by atoms with E-state index in [2.05, 4.69) is 10.3 Å². The lowest BCUT2D eigenvalue weighted by molar-refractivity contribution is -0.137. The van der Waals surface area contributed by atoms with Crippen LogP contribution < -0.4 is 10.2 Å². The van der Waals surface area contributed by atoms with Crippen molar-refractivity contribution in [3.05, 3.63) is 23.9 Å². The summed E-state index contributed by atoms with van der Waals surface area (Å²) in [5, 5.41) is 3.01. The molecule has 0 saturated heterocycles. The molecule has 0 saturated carbocycles. The van der Waals surface area contributed by atoms with Crippen LogP contribution in [-0.2, 0) is 6.18 Å². The number of alkyl halides is 3. The van der Waals surface area contributed by atoms with Gasteiger partial charge in [0, 0.05) is 19.8 Å². The second-order valence-corrected chi connectivity index (χ2v) is 3.78. The van der Waals surface area contributed by atoms with Crippen LogP contribution in [0.15, 0.2) is 18.3 Å². The summed E-state index contributed by atoms with van der Waals surface area (Å²) in [5.74, 6) is 0.550. The van der Waals surface area contributed by atoms with Gasteiger partial charge in [-0.15, -0.1) is 0 Å². The zero-order chi connectivity index (χ0) is 12.9. The molecule has 96 valence electrons. The molecular formula is C11H16F3N3. The monoisotopic (exact) mass is 247 g/mol. The lowest BCUT2D eigenvalue weighted by Gasteiger charge is -2.18. The molecular weight excluding hydrogens is 231 g/mol. The van der Waals surface area contributed by atoms with Gasteiger partial charge in [-0.1, -0.05) is 0 Å². The summed E-state index contributed by atoms with van der Waals surface area (Å²) in [6.45, 7) is 1.62. The van der Waals surface area contributed by atoms with Crippen molar-refractivity contribution in [3.63, 3.8) is 0 Å². The van der Waals surface area contributed by atoms with Crippen molar-refractivity contribution < 1.29 is 13.2 Å². The van der Waals surface area contributed by atoms with Gasteiger partial charge in [-0.05, 0) is 32.1 Å². The van der Waals surface area contributed by atoms with E-state index in [4.69, 9.17) is 0 Å². The number of anilines is 1. The van der Waals surface area contributed by atoms with E-state index in [1.54, 1.807) is 0 Å². The fraction of sp³-hybridized carbons (Fsp3) is 0.545. The molecule has 6 heteroatoms. The minimum absolute atomic E-state index is 0.550. The summed E-state index contributed by atoms with van der Waals surface area (Å²) in [6.07, 6.45) is -2.55. The maximum atomic E-state index is 12.3. The van der Waals surface area contributed by atoms with Crippen LogP contribution in [0.5, 0.6) is 0 Å². The Balaban J connectivity index is 2.61. The number of nitrogens with zero attached hydrogens (tertiary/aromatic N) is 2. The molecule has 0 aliphatic carbocycles. The van der Waals surface area contributed by atoms with E-state index in [-0.39, 0.29) is 0 Å². The average Bonchev–Trinajstić information content (AvgIpc) is 2.28. The normalized spacial score (nSPS) is 11.6. The minimum atomic E-state index is -4.32. The third-order valence-electron chi connectivity index (χ3n) is 2.39. The van der Waals surface area contributed by atoms with Crippen molar-refractivity contribution in [3.8, 4) is 0 Å². The van der Waals surface area contributed by atoms with Gasteiger partial charge in [-0.2, -0.15) is 13.2 Å². The molecule has 0 amide bonds. The van der Waals surface area contributed by atoms with Gasteiger partial charge in [-0.3, -0.25) is 0 Å². The Bertz CT molecular complexity index is 335. The van der Waals surface area contributed by atoms with Gasteiger partial charge in [0.1, 0.15) is 5.82 Å². The van der Waals surface area contributed by atoms with Crippen LogP contribution in [0.1, 0.15) is 12.0 Å². The van der Waals surface area contributed by atoms with Crippen LogP contribution in [0.2, 0.25) is 0 Å². The zero-order valence-electron chi connectivity index (χ0n) is 9.88. The lowest BCUT2D eigenvalue weighted by atomic mass is 10.2. The Morgan fingerprint density at radius 2 is 2.06 bits per heavy atom. The van der Waals surface area contributed by atoms with Gasteiger partial charge >= 0.3 is 6.18 Å². The SMILES string of the molecule is CNCCCN(C)c1ccc(C(F)(F)F)cn1. The van der Waals surface area contributed by atoms with E-state index in [0.29, 0.717) is 5.82 Å². The smallest absolute Gasteiger partial charge is 0.360 e. The van der Waals surface area contributed by atoms with Crippen molar-refractivity contribution in [2.45, 2.75) is 12.6 Å². The molecule has 0 fully saturated rings. The van der Waals surface area contributed by atoms with Gasteiger partial charge in [0.15, 0.2) is 0 Å². The molecule has 0 radical (unpaired) electrons. The molecule has 1 aromatic heterocycles. The van der Waals surface area contributed by atoms with Crippen LogP contribution in [0, 0.1) is 0 Å². The molecule has 17 heavy (non-hydrogen) atoms. The maximum absolute atomic E-state index is 12.3. The fourth-order valence-corrected chi connectivity index (χ4v) is 1.39. The third-order valence-corrected chi connectivity index (χ3v) is 2.39. The highest BCUT2D eigenvalue weighted by Crippen LogP contribution is 2.29. The Labute approximate surface area is 98.6 Å². The zero-order valence-corrected chi connectivity index (χ0v) is 9.88. The number of pyridine rings is 1. The first-order valence-corrected chi connectivity index (χ1v) is 5.34. The molecule has 1 aromatic rings. The number of nitrogens with one attached hydrogen (secondary N) is 1. The number of halogens is 3. The van der Waals surface area contributed by atoms with Crippen LogP contribution in [0.3, 0.4) is 0 Å². The molecule has 0 spiro atoms. The number of hydrogen-bond donors (Lipinski definition) is 1. The second kappa shape index (κ2) is 5.86. The van der Waals surface area contributed by atoms with Gasteiger partial charge in [-0.25, -0.2) is 4.98 Å².